The molecule has 0 radical (unpaired) electrons. The fourth-order valence-electron chi connectivity index (χ4n) is 2.10. The molecule has 2 rings (SSSR count). The molecule has 7 nitrogen and oxygen atoms in total. The third-order valence-corrected chi connectivity index (χ3v) is 3.65. The molecular weight excluding hydrogens is 349 g/mol. The zero-order valence-electron chi connectivity index (χ0n) is 11.0. The minimum Gasteiger partial charge on any atom is -0.494 e. The van der Waals surface area contributed by atoms with Gasteiger partial charge < -0.3 is 15.2 Å². The average Bonchev–Trinajstić information content (AvgIpc) is 2.81. The molecule has 1 fully saturated rings. The molecule has 0 aromatic carbocycles. The molecule has 0 aliphatic carbocycles. The standard InChI is InChI=1S/C12H13BrFN3O4/c1-21-8-2-3-9(15-10(8)13)16-11(18)7-4-6(14)5-17(7)12(19)20/h2-3,6-7H,4-5H2,1H3,(H,19,20)(H,15,16,18)/t6-,7+/m1/s1. The number of nitrogens with zero attached hydrogens (tertiary/aromatic N) is 2. The highest BCUT2D eigenvalue weighted by Crippen LogP contribution is 2.25. The molecule has 0 saturated carbocycles. The maximum Gasteiger partial charge on any atom is 0.408 e. The first-order valence-electron chi connectivity index (χ1n) is 6.07. The van der Waals surface area contributed by atoms with Crippen LogP contribution in [0.25, 0.3) is 0 Å². The normalized spacial score (nSPS) is 21.2. The summed E-state index contributed by atoms with van der Waals surface area (Å²) in [5, 5.41) is 11.4. The number of methoxy groups -OCH3 is 1. The Bertz CT molecular complexity index is 571. The predicted molar refractivity (Wildman–Crippen MR) is 75.2 cm³/mol. The lowest BCUT2D eigenvalue weighted by Gasteiger charge is -2.20. The monoisotopic (exact) mass is 361 g/mol. The van der Waals surface area contributed by atoms with Gasteiger partial charge in [0, 0.05) is 6.42 Å². The molecule has 2 atom stereocenters. The Balaban J connectivity index is 2.10. The van der Waals surface area contributed by atoms with E-state index < -0.39 is 24.2 Å². The number of halogens is 2. The van der Waals surface area contributed by atoms with E-state index >= 15 is 0 Å². The zero-order valence-corrected chi connectivity index (χ0v) is 12.6. The van der Waals surface area contributed by atoms with Crippen LogP contribution in [0.1, 0.15) is 6.42 Å². The number of carboxylic acid groups (broad SMARTS) is 1. The summed E-state index contributed by atoms with van der Waals surface area (Å²) < 4.78 is 18.7. The summed E-state index contributed by atoms with van der Waals surface area (Å²) in [4.78, 5) is 27.9. The number of carbonyl (C=O) groups excluding carboxylic acids is 1. The number of likely N-dealkylation sites (tertiary alicyclic amines) is 1. The molecule has 9 heteroatoms. The van der Waals surface area contributed by atoms with Crippen molar-refractivity contribution in [1.82, 2.24) is 9.88 Å². The Kier molecular flexibility index (Phi) is 4.61. The van der Waals surface area contributed by atoms with Crippen molar-refractivity contribution in [3.8, 4) is 5.75 Å². The third kappa shape index (κ3) is 3.41. The van der Waals surface area contributed by atoms with Crippen LogP contribution in [0.5, 0.6) is 5.75 Å². The summed E-state index contributed by atoms with van der Waals surface area (Å²) in [6.45, 7) is -0.298. The van der Waals surface area contributed by atoms with Crippen molar-refractivity contribution in [3.05, 3.63) is 16.7 Å². The van der Waals surface area contributed by atoms with Crippen LogP contribution in [0.2, 0.25) is 0 Å². The molecule has 1 aromatic heterocycles. The molecule has 1 aliphatic rings. The van der Waals surface area contributed by atoms with E-state index in [-0.39, 0.29) is 18.8 Å². The van der Waals surface area contributed by atoms with Gasteiger partial charge in [-0.1, -0.05) is 0 Å². The summed E-state index contributed by atoms with van der Waals surface area (Å²) in [5.41, 5.74) is 0. The second-order valence-electron chi connectivity index (χ2n) is 4.46. The number of anilines is 1. The molecule has 1 aromatic rings. The lowest BCUT2D eigenvalue weighted by atomic mass is 10.2. The van der Waals surface area contributed by atoms with Gasteiger partial charge in [0.15, 0.2) is 5.75 Å². The molecule has 0 unspecified atom stereocenters. The molecule has 114 valence electrons. The number of alkyl halides is 1. The Labute approximate surface area is 128 Å². The Morgan fingerprint density at radius 1 is 1.57 bits per heavy atom. The van der Waals surface area contributed by atoms with Gasteiger partial charge in [-0.15, -0.1) is 0 Å². The van der Waals surface area contributed by atoms with Gasteiger partial charge in [0.05, 0.1) is 13.7 Å². The SMILES string of the molecule is COc1ccc(NC(=O)[C@@H]2C[C@@H](F)CN2C(=O)O)nc1Br. The Morgan fingerprint density at radius 2 is 2.29 bits per heavy atom. The molecule has 1 aliphatic heterocycles. The largest absolute Gasteiger partial charge is 0.494 e. The van der Waals surface area contributed by atoms with Gasteiger partial charge in [0.25, 0.3) is 0 Å². The first-order valence-corrected chi connectivity index (χ1v) is 6.86. The number of aromatic nitrogens is 1. The van der Waals surface area contributed by atoms with Crippen LogP contribution < -0.4 is 10.1 Å². The van der Waals surface area contributed by atoms with Crippen molar-refractivity contribution in [2.24, 2.45) is 0 Å². The number of amides is 2. The van der Waals surface area contributed by atoms with E-state index in [9.17, 15) is 14.0 Å². The molecule has 21 heavy (non-hydrogen) atoms. The summed E-state index contributed by atoms with van der Waals surface area (Å²) in [7, 11) is 1.48. The van der Waals surface area contributed by atoms with Crippen molar-refractivity contribution in [2.45, 2.75) is 18.6 Å². The molecule has 0 spiro atoms. The lowest BCUT2D eigenvalue weighted by molar-refractivity contribution is -0.120. The smallest absolute Gasteiger partial charge is 0.408 e. The Morgan fingerprint density at radius 3 is 2.86 bits per heavy atom. The number of rotatable bonds is 3. The van der Waals surface area contributed by atoms with E-state index in [1.807, 2.05) is 0 Å². The van der Waals surface area contributed by atoms with Crippen LogP contribution in [0.4, 0.5) is 15.0 Å². The van der Waals surface area contributed by atoms with Crippen LogP contribution in [-0.4, -0.2) is 52.9 Å². The summed E-state index contributed by atoms with van der Waals surface area (Å²) in [5.74, 6) is 0.104. The van der Waals surface area contributed by atoms with E-state index in [4.69, 9.17) is 9.84 Å². The van der Waals surface area contributed by atoms with Gasteiger partial charge >= 0.3 is 6.09 Å². The number of hydrogen-bond donors (Lipinski definition) is 2. The van der Waals surface area contributed by atoms with Gasteiger partial charge in [0.1, 0.15) is 22.6 Å². The van der Waals surface area contributed by atoms with E-state index in [0.717, 1.165) is 4.90 Å². The topological polar surface area (TPSA) is 91.8 Å². The van der Waals surface area contributed by atoms with Crippen molar-refractivity contribution >= 4 is 33.7 Å². The summed E-state index contributed by atoms with van der Waals surface area (Å²) >= 11 is 3.17. The predicted octanol–water partition coefficient (Wildman–Crippen LogP) is 1.88. The number of ether oxygens (including phenoxy) is 1. The van der Waals surface area contributed by atoms with Gasteiger partial charge in [0.2, 0.25) is 5.91 Å². The van der Waals surface area contributed by atoms with Crippen LogP contribution in [0, 0.1) is 0 Å². The Hall–Kier alpha value is -1.90. The van der Waals surface area contributed by atoms with Gasteiger partial charge in [-0.05, 0) is 28.1 Å². The first kappa shape index (κ1) is 15.5. The second-order valence-corrected chi connectivity index (χ2v) is 5.21. The lowest BCUT2D eigenvalue weighted by Crippen LogP contribution is -2.42. The van der Waals surface area contributed by atoms with E-state index in [0.29, 0.717) is 10.4 Å². The van der Waals surface area contributed by atoms with Crippen molar-refractivity contribution in [3.63, 3.8) is 0 Å². The highest BCUT2D eigenvalue weighted by Gasteiger charge is 2.40. The highest BCUT2D eigenvalue weighted by molar-refractivity contribution is 9.10. The van der Waals surface area contributed by atoms with Gasteiger partial charge in [-0.25, -0.2) is 14.2 Å². The minimum absolute atomic E-state index is 0.157. The van der Waals surface area contributed by atoms with Crippen molar-refractivity contribution in [2.75, 3.05) is 19.0 Å². The summed E-state index contributed by atoms with van der Waals surface area (Å²) in [6, 6.07) is 2.04. The minimum atomic E-state index is -1.34. The number of nitrogens with one attached hydrogen (secondary N) is 1. The van der Waals surface area contributed by atoms with Crippen LogP contribution >= 0.6 is 15.9 Å². The number of hydrogen-bond acceptors (Lipinski definition) is 4. The van der Waals surface area contributed by atoms with Crippen molar-refractivity contribution < 1.29 is 23.8 Å². The molecule has 2 heterocycles. The molecule has 0 bridgehead atoms. The molecule has 2 N–H and O–H groups in total. The van der Waals surface area contributed by atoms with E-state index in [1.54, 1.807) is 6.07 Å². The molecule has 2 amide bonds. The van der Waals surface area contributed by atoms with E-state index in [2.05, 4.69) is 26.2 Å². The van der Waals surface area contributed by atoms with Crippen molar-refractivity contribution in [1.29, 1.82) is 0 Å². The summed E-state index contributed by atoms with van der Waals surface area (Å²) in [6.07, 6.45) is -2.82. The number of carbonyl (C=O) groups is 2. The fraction of sp³-hybridized carbons (Fsp3) is 0.417. The van der Waals surface area contributed by atoms with E-state index in [1.165, 1.54) is 13.2 Å². The van der Waals surface area contributed by atoms with Crippen LogP contribution in [0.3, 0.4) is 0 Å². The fourth-order valence-corrected chi connectivity index (χ4v) is 2.58. The maximum absolute atomic E-state index is 13.3. The highest BCUT2D eigenvalue weighted by atomic mass is 79.9. The quantitative estimate of drug-likeness (QED) is 0.802. The van der Waals surface area contributed by atoms with Crippen LogP contribution in [-0.2, 0) is 4.79 Å². The molecular formula is C12H13BrFN3O4. The maximum atomic E-state index is 13.3. The van der Waals surface area contributed by atoms with Gasteiger partial charge in [-0.2, -0.15) is 0 Å². The number of pyridine rings is 1. The average molecular weight is 362 g/mol. The molecule has 1 saturated heterocycles. The first-order chi connectivity index (χ1) is 9.92. The van der Waals surface area contributed by atoms with Gasteiger partial charge in [-0.3, -0.25) is 9.69 Å². The second kappa shape index (κ2) is 6.25. The van der Waals surface area contributed by atoms with Crippen LogP contribution in [0.15, 0.2) is 16.7 Å². The zero-order chi connectivity index (χ0) is 15.6. The third-order valence-electron chi connectivity index (χ3n) is 3.08.